The second-order valence-corrected chi connectivity index (χ2v) is 7.44. The lowest BCUT2D eigenvalue weighted by atomic mass is 9.93. The lowest BCUT2D eigenvalue weighted by molar-refractivity contribution is -0.131. The van der Waals surface area contributed by atoms with Gasteiger partial charge in [-0.1, -0.05) is 30.3 Å². The van der Waals surface area contributed by atoms with Crippen LogP contribution in [-0.4, -0.2) is 28.9 Å². The fourth-order valence-electron chi connectivity index (χ4n) is 3.82. The molecule has 1 fully saturated rings. The van der Waals surface area contributed by atoms with E-state index in [1.54, 1.807) is 18.2 Å². The van der Waals surface area contributed by atoms with E-state index in [4.69, 9.17) is 4.98 Å². The summed E-state index contributed by atoms with van der Waals surface area (Å²) in [5, 5.41) is 0. The van der Waals surface area contributed by atoms with E-state index in [0.29, 0.717) is 6.54 Å². The van der Waals surface area contributed by atoms with Crippen LogP contribution >= 0.6 is 0 Å². The van der Waals surface area contributed by atoms with Gasteiger partial charge in [0.2, 0.25) is 5.91 Å². The number of nitrogens with zero attached hydrogens (tertiary/aromatic N) is 2. The Morgan fingerprint density at radius 3 is 2.59 bits per heavy atom. The zero-order valence-corrected chi connectivity index (χ0v) is 16.0. The lowest BCUT2D eigenvalue weighted by Crippen LogP contribution is -2.40. The van der Waals surface area contributed by atoms with Gasteiger partial charge >= 0.3 is 0 Å². The van der Waals surface area contributed by atoms with Crippen LogP contribution in [0.5, 0.6) is 0 Å². The number of halogens is 2. The molecule has 0 spiro atoms. The number of benzene rings is 2. The topological polar surface area (TPSA) is 33.2 Å². The molecular formula is C24H22F2N2O. The van der Waals surface area contributed by atoms with E-state index in [0.717, 1.165) is 41.9 Å². The number of piperidine rings is 1. The van der Waals surface area contributed by atoms with E-state index in [2.05, 4.69) is 0 Å². The predicted octanol–water partition coefficient (Wildman–Crippen LogP) is 4.98. The maximum absolute atomic E-state index is 13.6. The van der Waals surface area contributed by atoms with Crippen LogP contribution in [-0.2, 0) is 11.2 Å². The molecule has 148 valence electrons. The largest absolute Gasteiger partial charge is 0.342 e. The Balaban J connectivity index is 1.47. The fourth-order valence-corrected chi connectivity index (χ4v) is 3.82. The van der Waals surface area contributed by atoms with Crippen LogP contribution in [0.2, 0.25) is 0 Å². The van der Waals surface area contributed by atoms with Gasteiger partial charge in [0.15, 0.2) is 0 Å². The highest BCUT2D eigenvalue weighted by Gasteiger charge is 2.25. The summed E-state index contributed by atoms with van der Waals surface area (Å²) in [7, 11) is 0. The molecule has 0 unspecified atom stereocenters. The summed E-state index contributed by atoms with van der Waals surface area (Å²) < 4.78 is 26.6. The van der Waals surface area contributed by atoms with Crippen molar-refractivity contribution >= 4 is 5.91 Å². The highest BCUT2D eigenvalue weighted by molar-refractivity contribution is 5.79. The van der Waals surface area contributed by atoms with Crippen LogP contribution in [0.15, 0.2) is 66.7 Å². The number of likely N-dealkylation sites (tertiary alicyclic amines) is 1. The van der Waals surface area contributed by atoms with Crippen molar-refractivity contribution in [3.63, 3.8) is 0 Å². The molecule has 1 amide bonds. The maximum Gasteiger partial charge on any atom is 0.227 e. The Morgan fingerprint density at radius 2 is 1.79 bits per heavy atom. The molecule has 4 rings (SSSR count). The molecule has 0 aliphatic carbocycles. The minimum atomic E-state index is -0.302. The maximum atomic E-state index is 13.6. The van der Waals surface area contributed by atoms with Gasteiger partial charge in [-0.25, -0.2) is 8.78 Å². The second kappa shape index (κ2) is 8.52. The van der Waals surface area contributed by atoms with Crippen LogP contribution in [0.4, 0.5) is 8.78 Å². The Bertz CT molecular complexity index is 1000. The van der Waals surface area contributed by atoms with Crippen molar-refractivity contribution in [3.05, 3.63) is 89.6 Å². The molecule has 2 aromatic carbocycles. The van der Waals surface area contributed by atoms with Crippen molar-refractivity contribution in [2.24, 2.45) is 0 Å². The number of pyridine rings is 1. The normalized spacial score (nSPS) is 16.6. The third kappa shape index (κ3) is 4.67. The van der Waals surface area contributed by atoms with Crippen molar-refractivity contribution in [3.8, 4) is 11.3 Å². The van der Waals surface area contributed by atoms with Crippen molar-refractivity contribution in [1.82, 2.24) is 9.88 Å². The molecule has 0 radical (unpaired) electrons. The molecule has 1 aromatic heterocycles. The molecule has 1 atom stereocenters. The summed E-state index contributed by atoms with van der Waals surface area (Å²) in [5.74, 6) is -0.398. The quantitative estimate of drug-likeness (QED) is 0.628. The van der Waals surface area contributed by atoms with Crippen LogP contribution in [0, 0.1) is 11.6 Å². The Kier molecular flexibility index (Phi) is 5.65. The fraction of sp³-hybridized carbons (Fsp3) is 0.250. The highest BCUT2D eigenvalue weighted by Crippen LogP contribution is 2.28. The van der Waals surface area contributed by atoms with Gasteiger partial charge in [-0.3, -0.25) is 9.78 Å². The number of amides is 1. The number of aromatic nitrogens is 1. The van der Waals surface area contributed by atoms with Crippen molar-refractivity contribution in [2.45, 2.75) is 25.2 Å². The smallest absolute Gasteiger partial charge is 0.227 e. The van der Waals surface area contributed by atoms with Gasteiger partial charge < -0.3 is 4.90 Å². The van der Waals surface area contributed by atoms with E-state index in [9.17, 15) is 13.6 Å². The van der Waals surface area contributed by atoms with Gasteiger partial charge in [0, 0.05) is 30.3 Å². The summed E-state index contributed by atoms with van der Waals surface area (Å²) in [6.45, 7) is 1.33. The summed E-state index contributed by atoms with van der Waals surface area (Å²) in [5.41, 5.74) is 3.21. The SMILES string of the molecule is O=C(Cc1ccc(F)cc1)N1CCC[C@@H](c2cccc(-c3cccc(F)c3)n2)C1. The van der Waals surface area contributed by atoms with Crippen LogP contribution in [0.1, 0.15) is 30.0 Å². The third-order valence-electron chi connectivity index (χ3n) is 5.35. The van der Waals surface area contributed by atoms with E-state index in [1.165, 1.54) is 24.3 Å². The summed E-state index contributed by atoms with van der Waals surface area (Å²) >= 11 is 0. The van der Waals surface area contributed by atoms with Gasteiger partial charge in [0.25, 0.3) is 0 Å². The minimum Gasteiger partial charge on any atom is -0.342 e. The molecule has 1 saturated heterocycles. The van der Waals surface area contributed by atoms with Gasteiger partial charge in [-0.2, -0.15) is 0 Å². The molecule has 0 saturated carbocycles. The molecule has 1 aliphatic heterocycles. The molecule has 29 heavy (non-hydrogen) atoms. The van der Waals surface area contributed by atoms with E-state index >= 15 is 0 Å². The Labute approximate surface area is 169 Å². The van der Waals surface area contributed by atoms with Crippen LogP contribution in [0.25, 0.3) is 11.3 Å². The third-order valence-corrected chi connectivity index (χ3v) is 5.35. The van der Waals surface area contributed by atoms with Gasteiger partial charge in [-0.15, -0.1) is 0 Å². The lowest BCUT2D eigenvalue weighted by Gasteiger charge is -2.32. The average molecular weight is 392 g/mol. The first kappa shape index (κ1) is 19.2. The summed E-state index contributed by atoms with van der Waals surface area (Å²) in [4.78, 5) is 19.3. The standard InChI is InChI=1S/C24H22F2N2O/c25-20-11-9-17(10-12-20)14-24(29)28-13-3-5-19(16-28)23-8-2-7-22(27-23)18-4-1-6-21(26)15-18/h1-2,4,6-12,15,19H,3,5,13-14,16H2/t19-/m1/s1. The van der Waals surface area contributed by atoms with Gasteiger partial charge in [0.1, 0.15) is 11.6 Å². The molecule has 5 heteroatoms. The zero-order chi connectivity index (χ0) is 20.2. The number of hydrogen-bond donors (Lipinski definition) is 0. The first-order chi connectivity index (χ1) is 14.1. The van der Waals surface area contributed by atoms with E-state index < -0.39 is 0 Å². The monoisotopic (exact) mass is 392 g/mol. The molecule has 2 heterocycles. The van der Waals surface area contributed by atoms with Crippen LogP contribution < -0.4 is 0 Å². The van der Waals surface area contributed by atoms with Gasteiger partial charge in [0.05, 0.1) is 12.1 Å². The van der Waals surface area contributed by atoms with Crippen LogP contribution in [0.3, 0.4) is 0 Å². The molecule has 1 aliphatic rings. The van der Waals surface area contributed by atoms with E-state index in [-0.39, 0.29) is 29.9 Å². The predicted molar refractivity (Wildman–Crippen MR) is 108 cm³/mol. The van der Waals surface area contributed by atoms with Crippen molar-refractivity contribution in [2.75, 3.05) is 13.1 Å². The summed E-state index contributed by atoms with van der Waals surface area (Å²) in [6, 6.07) is 18.3. The number of carbonyl (C=O) groups excluding carboxylic acids is 1. The van der Waals surface area contributed by atoms with Crippen molar-refractivity contribution < 1.29 is 13.6 Å². The van der Waals surface area contributed by atoms with Gasteiger partial charge in [-0.05, 0) is 54.8 Å². The first-order valence-electron chi connectivity index (χ1n) is 9.83. The first-order valence-corrected chi connectivity index (χ1v) is 9.83. The highest BCUT2D eigenvalue weighted by atomic mass is 19.1. The number of carbonyl (C=O) groups is 1. The Hall–Kier alpha value is -3.08. The summed E-state index contributed by atoms with van der Waals surface area (Å²) in [6.07, 6.45) is 2.13. The molecule has 0 N–H and O–H groups in total. The second-order valence-electron chi connectivity index (χ2n) is 7.44. The molecule has 3 aromatic rings. The molecule has 3 nitrogen and oxygen atoms in total. The van der Waals surface area contributed by atoms with Crippen molar-refractivity contribution in [1.29, 1.82) is 0 Å². The number of hydrogen-bond acceptors (Lipinski definition) is 2. The average Bonchev–Trinajstić information content (AvgIpc) is 2.75. The van der Waals surface area contributed by atoms with E-state index in [1.807, 2.05) is 29.2 Å². The zero-order valence-electron chi connectivity index (χ0n) is 16.0. The Morgan fingerprint density at radius 1 is 1.00 bits per heavy atom. The molecule has 0 bridgehead atoms. The molecular weight excluding hydrogens is 370 g/mol. The minimum absolute atomic E-state index is 0.0441. The number of rotatable bonds is 4.